The molecule has 3 rings (SSSR count). The molecule has 2 aromatic carbocycles. The van der Waals surface area contributed by atoms with Crippen LogP contribution in [0.1, 0.15) is 5.56 Å². The molecule has 1 aromatic heterocycles. The van der Waals surface area contributed by atoms with Gasteiger partial charge in [0.25, 0.3) is 5.56 Å². The number of nitriles is 1. The van der Waals surface area contributed by atoms with E-state index in [1.165, 1.54) is 0 Å². The normalized spacial score (nSPS) is 10.2. The monoisotopic (exact) mass is 389 g/mol. The van der Waals surface area contributed by atoms with Gasteiger partial charge in [0.05, 0.1) is 0 Å². The number of anilines is 1. The number of pyridine rings is 1. The fourth-order valence-corrected chi connectivity index (χ4v) is 2.89. The molecule has 0 spiro atoms. The zero-order chi connectivity index (χ0) is 21.0. The van der Waals surface area contributed by atoms with Crippen molar-refractivity contribution in [2.24, 2.45) is 0 Å². The summed E-state index contributed by atoms with van der Waals surface area (Å²) in [5.41, 5.74) is 2.95. The first-order valence-electron chi connectivity index (χ1n) is 8.79. The van der Waals surface area contributed by atoms with E-state index >= 15 is 0 Å². The second kappa shape index (κ2) is 8.31. The Morgan fingerprint density at radius 1 is 1.14 bits per heavy atom. The number of carboxylic acid groups (broad SMARTS) is 1. The average molecular weight is 389 g/mol. The lowest BCUT2D eigenvalue weighted by Gasteiger charge is -2.13. The van der Waals surface area contributed by atoms with Crippen LogP contribution in [0.5, 0.6) is 5.75 Å². The molecule has 2 N–H and O–H groups in total. The van der Waals surface area contributed by atoms with E-state index in [0.29, 0.717) is 22.6 Å². The van der Waals surface area contributed by atoms with Crippen LogP contribution in [0.3, 0.4) is 0 Å². The Balaban J connectivity index is 2.06. The van der Waals surface area contributed by atoms with Crippen molar-refractivity contribution >= 4 is 11.7 Å². The van der Waals surface area contributed by atoms with Gasteiger partial charge in [-0.15, -0.1) is 0 Å². The van der Waals surface area contributed by atoms with Gasteiger partial charge >= 0.3 is 5.97 Å². The fraction of sp³-hybridized carbons (Fsp3) is 0.136. The highest BCUT2D eigenvalue weighted by Crippen LogP contribution is 2.29. The zero-order valence-corrected chi connectivity index (χ0v) is 16.0. The number of hydrogen-bond donors (Lipinski definition) is 2. The maximum atomic E-state index is 12.5. The van der Waals surface area contributed by atoms with Gasteiger partial charge in [0.15, 0.2) is 6.61 Å². The van der Waals surface area contributed by atoms with Crippen LogP contribution in [0.4, 0.5) is 5.69 Å². The van der Waals surface area contributed by atoms with Crippen molar-refractivity contribution in [3.05, 3.63) is 70.5 Å². The molecule has 146 valence electrons. The molecule has 0 aliphatic rings. The fourth-order valence-electron chi connectivity index (χ4n) is 2.89. The van der Waals surface area contributed by atoms with Crippen LogP contribution < -0.4 is 15.2 Å². The highest BCUT2D eigenvalue weighted by molar-refractivity contribution is 5.76. The third-order valence-corrected chi connectivity index (χ3v) is 4.35. The smallest absolute Gasteiger partial charge is 0.341 e. The molecule has 7 nitrogen and oxygen atoms in total. The van der Waals surface area contributed by atoms with Crippen LogP contribution in [0.25, 0.3) is 22.4 Å². The van der Waals surface area contributed by atoms with Crippen molar-refractivity contribution in [2.45, 2.75) is 0 Å². The third-order valence-electron chi connectivity index (χ3n) is 4.35. The summed E-state index contributed by atoms with van der Waals surface area (Å²) in [6.07, 6.45) is 0. The Labute approximate surface area is 167 Å². The number of nitrogens with one attached hydrogen (secondary N) is 1. The summed E-state index contributed by atoms with van der Waals surface area (Å²) in [6.45, 7) is -0.461. The summed E-state index contributed by atoms with van der Waals surface area (Å²) in [7, 11) is 3.86. The molecule has 0 atom stereocenters. The first kappa shape index (κ1) is 19.7. The summed E-state index contributed by atoms with van der Waals surface area (Å²) in [5, 5.41) is 18.2. The number of aliphatic carboxylic acids is 1. The number of hydrogen-bond acceptors (Lipinski definition) is 5. The number of aromatic amines is 1. The molecule has 0 fully saturated rings. The number of carbonyl (C=O) groups is 1. The number of H-pyrrole nitrogens is 1. The molecular formula is C22H19N3O4. The minimum atomic E-state index is -1.08. The minimum Gasteiger partial charge on any atom is -0.482 e. The summed E-state index contributed by atoms with van der Waals surface area (Å²) < 4.78 is 5.21. The summed E-state index contributed by atoms with van der Waals surface area (Å²) in [4.78, 5) is 27.9. The molecule has 0 saturated heterocycles. The van der Waals surface area contributed by atoms with Gasteiger partial charge in [-0.05, 0) is 35.9 Å². The number of ether oxygens (including phenoxy) is 1. The van der Waals surface area contributed by atoms with E-state index in [9.17, 15) is 14.9 Å². The van der Waals surface area contributed by atoms with Crippen molar-refractivity contribution in [1.29, 1.82) is 5.26 Å². The molecule has 0 unspecified atom stereocenters. The lowest BCUT2D eigenvalue weighted by Crippen LogP contribution is -2.13. The van der Waals surface area contributed by atoms with Crippen molar-refractivity contribution in [3.8, 4) is 34.2 Å². The number of aromatic nitrogens is 1. The topological polar surface area (TPSA) is 106 Å². The molecule has 0 amide bonds. The van der Waals surface area contributed by atoms with Crippen molar-refractivity contribution in [3.63, 3.8) is 0 Å². The zero-order valence-electron chi connectivity index (χ0n) is 16.0. The predicted octanol–water partition coefficient (Wildman–Crippen LogP) is 3.11. The van der Waals surface area contributed by atoms with Crippen molar-refractivity contribution in [1.82, 2.24) is 4.98 Å². The van der Waals surface area contributed by atoms with E-state index in [1.807, 2.05) is 49.3 Å². The van der Waals surface area contributed by atoms with E-state index in [1.54, 1.807) is 30.3 Å². The highest BCUT2D eigenvalue weighted by Gasteiger charge is 2.13. The van der Waals surface area contributed by atoms with Crippen LogP contribution in [0.15, 0.2) is 59.4 Å². The molecular weight excluding hydrogens is 370 g/mol. The Morgan fingerprint density at radius 3 is 2.48 bits per heavy atom. The maximum absolute atomic E-state index is 12.5. The third kappa shape index (κ3) is 4.45. The van der Waals surface area contributed by atoms with Gasteiger partial charge in [-0.2, -0.15) is 5.26 Å². The number of benzene rings is 2. The van der Waals surface area contributed by atoms with E-state index < -0.39 is 18.1 Å². The van der Waals surface area contributed by atoms with Crippen LogP contribution in [0.2, 0.25) is 0 Å². The quantitative estimate of drug-likeness (QED) is 0.671. The van der Waals surface area contributed by atoms with E-state index in [-0.39, 0.29) is 5.56 Å². The summed E-state index contributed by atoms with van der Waals surface area (Å²) in [6, 6.07) is 18.0. The number of carboxylic acids is 1. The van der Waals surface area contributed by atoms with E-state index in [4.69, 9.17) is 9.84 Å². The second-order valence-corrected chi connectivity index (χ2v) is 6.56. The maximum Gasteiger partial charge on any atom is 0.341 e. The predicted molar refractivity (Wildman–Crippen MR) is 110 cm³/mol. The van der Waals surface area contributed by atoms with Crippen LogP contribution >= 0.6 is 0 Å². The van der Waals surface area contributed by atoms with Crippen LogP contribution in [-0.4, -0.2) is 36.8 Å². The Morgan fingerprint density at radius 2 is 1.86 bits per heavy atom. The first-order valence-corrected chi connectivity index (χ1v) is 8.79. The molecule has 0 saturated carbocycles. The van der Waals surface area contributed by atoms with Gasteiger partial charge in [-0.3, -0.25) is 4.79 Å². The number of rotatable bonds is 6. The van der Waals surface area contributed by atoms with Gasteiger partial charge in [0.1, 0.15) is 17.4 Å². The second-order valence-electron chi connectivity index (χ2n) is 6.56. The average Bonchev–Trinajstić information content (AvgIpc) is 2.72. The van der Waals surface area contributed by atoms with Gasteiger partial charge < -0.3 is 19.7 Å². The van der Waals surface area contributed by atoms with Gasteiger partial charge in [-0.25, -0.2) is 4.79 Å². The Hall–Kier alpha value is -4.05. The standard InChI is InChI=1S/C22H19N3O4/c1-25(2)16-8-6-14(7-9-16)18-11-20(24-22(28)19(18)12-23)15-4-3-5-17(10-15)29-13-21(26)27/h3-11H,13H2,1-2H3,(H,24,28)(H,26,27). The first-order chi connectivity index (χ1) is 13.9. The lowest BCUT2D eigenvalue weighted by atomic mass is 9.98. The van der Waals surface area contributed by atoms with E-state index in [0.717, 1.165) is 11.3 Å². The van der Waals surface area contributed by atoms with Crippen LogP contribution in [-0.2, 0) is 4.79 Å². The molecule has 7 heteroatoms. The van der Waals surface area contributed by atoms with Crippen molar-refractivity contribution in [2.75, 3.05) is 25.6 Å². The van der Waals surface area contributed by atoms with Crippen molar-refractivity contribution < 1.29 is 14.6 Å². The Kier molecular flexibility index (Phi) is 5.65. The van der Waals surface area contributed by atoms with E-state index in [2.05, 4.69) is 4.98 Å². The lowest BCUT2D eigenvalue weighted by molar-refractivity contribution is -0.139. The molecule has 0 aliphatic heterocycles. The van der Waals surface area contributed by atoms with Gasteiger partial charge in [-0.1, -0.05) is 24.3 Å². The summed E-state index contributed by atoms with van der Waals surface area (Å²) >= 11 is 0. The molecule has 1 heterocycles. The molecule has 0 radical (unpaired) electrons. The molecule has 3 aromatic rings. The summed E-state index contributed by atoms with van der Waals surface area (Å²) in [5.74, 6) is -0.711. The molecule has 0 aliphatic carbocycles. The van der Waals surface area contributed by atoms with Gasteiger partial charge in [0.2, 0.25) is 0 Å². The minimum absolute atomic E-state index is 0.0321. The Bertz CT molecular complexity index is 1140. The largest absolute Gasteiger partial charge is 0.482 e. The van der Waals surface area contributed by atoms with Crippen LogP contribution in [0, 0.1) is 11.3 Å². The van der Waals surface area contributed by atoms with Gasteiger partial charge in [0, 0.05) is 36.6 Å². The SMILES string of the molecule is CN(C)c1ccc(-c2cc(-c3cccc(OCC(=O)O)c3)[nH]c(=O)c2C#N)cc1. The molecule has 0 bridgehead atoms. The number of nitrogens with zero attached hydrogens (tertiary/aromatic N) is 2. The highest BCUT2D eigenvalue weighted by atomic mass is 16.5. The molecule has 29 heavy (non-hydrogen) atoms.